The molecule has 0 saturated carbocycles. The summed E-state index contributed by atoms with van der Waals surface area (Å²) in [6, 6.07) is 7.84. The standard InChI is InChI=1S/C17H17N5O3/c23-17(13-5-7-18-8-6-13)20-19-12-14-11-15(22(24)25)3-4-16(14)21-9-1-2-10-21/h3-8,11-12H,1-2,9-10H2,(H,20,23)/b19-12-. The van der Waals surface area contributed by atoms with E-state index in [9.17, 15) is 14.9 Å². The fourth-order valence-corrected chi connectivity index (χ4v) is 2.73. The number of benzene rings is 1. The van der Waals surface area contributed by atoms with Crippen LogP contribution in [0.25, 0.3) is 0 Å². The fourth-order valence-electron chi connectivity index (χ4n) is 2.73. The van der Waals surface area contributed by atoms with Gasteiger partial charge in [-0.1, -0.05) is 0 Å². The van der Waals surface area contributed by atoms with Gasteiger partial charge >= 0.3 is 0 Å². The number of nitro groups is 1. The Hall–Kier alpha value is -3.29. The summed E-state index contributed by atoms with van der Waals surface area (Å²) in [6.07, 6.45) is 6.66. The number of nitro benzene ring substituents is 1. The molecule has 0 aliphatic carbocycles. The van der Waals surface area contributed by atoms with Gasteiger partial charge in [0.25, 0.3) is 11.6 Å². The first-order chi connectivity index (χ1) is 12.1. The van der Waals surface area contributed by atoms with Crippen LogP contribution in [0, 0.1) is 10.1 Å². The second-order valence-corrected chi connectivity index (χ2v) is 5.63. The Kier molecular flexibility index (Phi) is 4.98. The molecule has 1 aliphatic rings. The van der Waals surface area contributed by atoms with Gasteiger partial charge in [-0.05, 0) is 31.0 Å². The fraction of sp³-hybridized carbons (Fsp3) is 0.235. The van der Waals surface area contributed by atoms with Crippen LogP contribution in [0.3, 0.4) is 0 Å². The van der Waals surface area contributed by atoms with Crippen LogP contribution in [0.2, 0.25) is 0 Å². The third kappa shape index (κ3) is 3.97. The number of nitrogens with zero attached hydrogens (tertiary/aromatic N) is 4. The lowest BCUT2D eigenvalue weighted by atomic mass is 10.1. The molecule has 1 fully saturated rings. The molecule has 25 heavy (non-hydrogen) atoms. The van der Waals surface area contributed by atoms with Crippen molar-refractivity contribution in [1.82, 2.24) is 10.4 Å². The molecule has 1 N–H and O–H groups in total. The topological polar surface area (TPSA) is 101 Å². The number of carbonyl (C=O) groups excluding carboxylic acids is 1. The number of pyridine rings is 1. The molecule has 1 aromatic carbocycles. The molecule has 0 bridgehead atoms. The van der Waals surface area contributed by atoms with E-state index < -0.39 is 4.92 Å². The smallest absolute Gasteiger partial charge is 0.271 e. The Bertz CT molecular complexity index is 801. The number of hydrogen-bond donors (Lipinski definition) is 1. The number of non-ortho nitro benzene ring substituents is 1. The molecular formula is C17H17N5O3. The van der Waals surface area contributed by atoms with Crippen molar-refractivity contribution in [1.29, 1.82) is 0 Å². The van der Waals surface area contributed by atoms with E-state index in [1.807, 2.05) is 0 Å². The van der Waals surface area contributed by atoms with Crippen molar-refractivity contribution in [3.63, 3.8) is 0 Å². The van der Waals surface area contributed by atoms with Crippen molar-refractivity contribution in [3.8, 4) is 0 Å². The zero-order chi connectivity index (χ0) is 17.6. The Morgan fingerprint density at radius 3 is 2.64 bits per heavy atom. The number of amides is 1. The van der Waals surface area contributed by atoms with Gasteiger partial charge in [0.05, 0.1) is 11.1 Å². The van der Waals surface area contributed by atoms with E-state index in [1.165, 1.54) is 30.7 Å². The van der Waals surface area contributed by atoms with Crippen LogP contribution in [0.5, 0.6) is 0 Å². The first-order valence-corrected chi connectivity index (χ1v) is 7.92. The molecule has 8 heteroatoms. The predicted octanol–water partition coefficient (Wildman–Crippen LogP) is 2.35. The zero-order valence-corrected chi connectivity index (χ0v) is 13.5. The monoisotopic (exact) mass is 339 g/mol. The number of hydrazone groups is 1. The molecule has 0 atom stereocenters. The molecule has 0 spiro atoms. The van der Waals surface area contributed by atoms with Gasteiger partial charge < -0.3 is 4.90 Å². The largest absolute Gasteiger partial charge is 0.371 e. The Labute approximate surface area is 144 Å². The van der Waals surface area contributed by atoms with Gasteiger partial charge in [-0.15, -0.1) is 0 Å². The van der Waals surface area contributed by atoms with E-state index in [0.717, 1.165) is 31.6 Å². The summed E-state index contributed by atoms with van der Waals surface area (Å²) in [5.74, 6) is -0.369. The summed E-state index contributed by atoms with van der Waals surface area (Å²) < 4.78 is 0. The minimum atomic E-state index is -0.444. The van der Waals surface area contributed by atoms with Crippen LogP contribution in [0.1, 0.15) is 28.8 Å². The molecule has 2 aromatic rings. The highest BCUT2D eigenvalue weighted by molar-refractivity contribution is 5.95. The van der Waals surface area contributed by atoms with Crippen LogP contribution in [0.15, 0.2) is 47.8 Å². The number of hydrogen-bond acceptors (Lipinski definition) is 6. The maximum Gasteiger partial charge on any atom is 0.271 e. The maximum atomic E-state index is 12.0. The minimum Gasteiger partial charge on any atom is -0.371 e. The molecule has 3 rings (SSSR count). The van der Waals surface area contributed by atoms with Gasteiger partial charge in [0.2, 0.25) is 0 Å². The minimum absolute atomic E-state index is 0.00939. The van der Waals surface area contributed by atoms with Gasteiger partial charge in [-0.25, -0.2) is 5.43 Å². The molecule has 1 aromatic heterocycles. The van der Waals surface area contributed by atoms with E-state index >= 15 is 0 Å². The Morgan fingerprint density at radius 2 is 1.96 bits per heavy atom. The van der Waals surface area contributed by atoms with Crippen molar-refractivity contribution in [2.75, 3.05) is 18.0 Å². The highest BCUT2D eigenvalue weighted by Crippen LogP contribution is 2.27. The first-order valence-electron chi connectivity index (χ1n) is 7.92. The number of nitrogens with one attached hydrogen (secondary N) is 1. The molecule has 0 unspecified atom stereocenters. The second-order valence-electron chi connectivity index (χ2n) is 5.63. The zero-order valence-electron chi connectivity index (χ0n) is 13.5. The van der Waals surface area contributed by atoms with E-state index in [-0.39, 0.29) is 11.6 Å². The summed E-state index contributed by atoms with van der Waals surface area (Å²) in [5, 5.41) is 15.0. The van der Waals surface area contributed by atoms with Crippen molar-refractivity contribution in [2.45, 2.75) is 12.8 Å². The molecule has 1 amide bonds. The average Bonchev–Trinajstić information content (AvgIpc) is 3.16. The highest BCUT2D eigenvalue weighted by Gasteiger charge is 2.17. The summed E-state index contributed by atoms with van der Waals surface area (Å²) in [5.41, 5.74) is 4.34. The van der Waals surface area contributed by atoms with Crippen molar-refractivity contribution in [2.24, 2.45) is 5.10 Å². The normalized spacial score (nSPS) is 14.0. The van der Waals surface area contributed by atoms with Gasteiger partial charge in [0.1, 0.15) is 0 Å². The van der Waals surface area contributed by atoms with Gasteiger partial charge in [0.15, 0.2) is 0 Å². The molecule has 1 aliphatic heterocycles. The van der Waals surface area contributed by atoms with Gasteiger partial charge in [-0.2, -0.15) is 5.10 Å². The van der Waals surface area contributed by atoms with E-state index in [0.29, 0.717) is 11.1 Å². The summed E-state index contributed by atoms with van der Waals surface area (Å²) in [7, 11) is 0. The lowest BCUT2D eigenvalue weighted by molar-refractivity contribution is -0.384. The van der Waals surface area contributed by atoms with Crippen molar-refractivity contribution in [3.05, 3.63) is 64.0 Å². The van der Waals surface area contributed by atoms with E-state index in [4.69, 9.17) is 0 Å². The van der Waals surface area contributed by atoms with Gasteiger partial charge in [-0.3, -0.25) is 19.9 Å². The molecule has 128 valence electrons. The Morgan fingerprint density at radius 1 is 1.24 bits per heavy atom. The molecule has 0 radical (unpaired) electrons. The molecular weight excluding hydrogens is 322 g/mol. The van der Waals surface area contributed by atoms with E-state index in [1.54, 1.807) is 18.2 Å². The third-order valence-corrected chi connectivity index (χ3v) is 3.98. The molecule has 2 heterocycles. The molecule has 8 nitrogen and oxygen atoms in total. The number of aromatic nitrogens is 1. The maximum absolute atomic E-state index is 12.0. The van der Waals surface area contributed by atoms with Crippen LogP contribution in [-0.2, 0) is 0 Å². The summed E-state index contributed by atoms with van der Waals surface area (Å²) in [6.45, 7) is 1.81. The highest BCUT2D eigenvalue weighted by atomic mass is 16.6. The first kappa shape index (κ1) is 16.6. The lowest BCUT2D eigenvalue weighted by Gasteiger charge is -2.19. The van der Waals surface area contributed by atoms with Gasteiger partial charge in [0, 0.05) is 54.4 Å². The lowest BCUT2D eigenvalue weighted by Crippen LogP contribution is -2.20. The Balaban J connectivity index is 1.80. The average molecular weight is 339 g/mol. The number of rotatable bonds is 5. The number of carbonyl (C=O) groups is 1. The van der Waals surface area contributed by atoms with Crippen LogP contribution in [-0.4, -0.2) is 35.1 Å². The quantitative estimate of drug-likeness (QED) is 0.512. The SMILES string of the molecule is O=C(N/N=C\c1cc([N+](=O)[O-])ccc1N1CCCC1)c1ccncc1. The predicted molar refractivity (Wildman–Crippen MR) is 93.8 cm³/mol. The number of anilines is 1. The second kappa shape index (κ2) is 7.52. The van der Waals surface area contributed by atoms with Crippen LogP contribution >= 0.6 is 0 Å². The van der Waals surface area contributed by atoms with Crippen molar-refractivity contribution < 1.29 is 9.72 Å². The summed E-state index contributed by atoms with van der Waals surface area (Å²) >= 11 is 0. The summed E-state index contributed by atoms with van der Waals surface area (Å²) in [4.78, 5) is 28.6. The molecule has 1 saturated heterocycles. The van der Waals surface area contributed by atoms with Crippen molar-refractivity contribution >= 4 is 23.5 Å². The van der Waals surface area contributed by atoms with E-state index in [2.05, 4.69) is 20.4 Å². The van der Waals surface area contributed by atoms with Crippen LogP contribution in [0.4, 0.5) is 11.4 Å². The van der Waals surface area contributed by atoms with Crippen LogP contribution < -0.4 is 10.3 Å². The third-order valence-electron chi connectivity index (χ3n) is 3.98.